The molecule has 6 nitrogen and oxygen atoms in total. The van der Waals surface area contributed by atoms with Crippen LogP contribution in [0.25, 0.3) is 11.0 Å². The minimum atomic E-state index is -3.02. The molecule has 1 atom stereocenters. The van der Waals surface area contributed by atoms with Crippen molar-refractivity contribution < 1.29 is 13.2 Å². The molecule has 0 bridgehead atoms. The molecule has 2 aromatic carbocycles. The maximum atomic E-state index is 12.6. The van der Waals surface area contributed by atoms with Gasteiger partial charge in [-0.05, 0) is 24.1 Å². The number of hydrogen-bond acceptors (Lipinski definition) is 4. The molecule has 4 rings (SSSR count). The first-order chi connectivity index (χ1) is 13.0. The number of nitrogens with zero attached hydrogens (tertiary/aromatic N) is 2. The van der Waals surface area contributed by atoms with Gasteiger partial charge >= 0.3 is 0 Å². The molecule has 3 aromatic rings. The number of benzene rings is 2. The van der Waals surface area contributed by atoms with Crippen LogP contribution in [0.4, 0.5) is 0 Å². The predicted octanol–water partition coefficient (Wildman–Crippen LogP) is 1.93. The molecule has 140 valence electrons. The van der Waals surface area contributed by atoms with Crippen LogP contribution in [-0.4, -0.2) is 41.4 Å². The summed E-state index contributed by atoms with van der Waals surface area (Å²) >= 11 is 0. The topological polar surface area (TPSA) is 81.1 Å². The first-order valence-electron chi connectivity index (χ1n) is 8.98. The molecule has 27 heavy (non-hydrogen) atoms. The monoisotopic (exact) mass is 383 g/mol. The Kier molecular flexibility index (Phi) is 4.70. The SMILES string of the molecule is O=C(Cn1c(Cc2ccccc2)nc2ccccc21)N[C@H]1CCS(=O)(=O)C1. The number of carbonyl (C=O) groups excluding carboxylic acids is 1. The van der Waals surface area contributed by atoms with E-state index < -0.39 is 9.84 Å². The van der Waals surface area contributed by atoms with Gasteiger partial charge in [0.25, 0.3) is 0 Å². The highest BCUT2D eigenvalue weighted by Crippen LogP contribution is 2.19. The van der Waals surface area contributed by atoms with Crippen LogP contribution in [0.2, 0.25) is 0 Å². The average molecular weight is 383 g/mol. The minimum absolute atomic E-state index is 0.0281. The summed E-state index contributed by atoms with van der Waals surface area (Å²) in [5, 5.41) is 2.86. The zero-order chi connectivity index (χ0) is 18.9. The number of fused-ring (bicyclic) bond motifs is 1. The molecule has 1 N–H and O–H groups in total. The second-order valence-electron chi connectivity index (χ2n) is 6.93. The number of sulfone groups is 1. The molecule has 1 fully saturated rings. The van der Waals surface area contributed by atoms with E-state index in [4.69, 9.17) is 4.98 Å². The number of para-hydroxylation sites is 2. The Morgan fingerprint density at radius 1 is 1.11 bits per heavy atom. The van der Waals surface area contributed by atoms with E-state index in [-0.39, 0.29) is 30.0 Å². The predicted molar refractivity (Wildman–Crippen MR) is 104 cm³/mol. The van der Waals surface area contributed by atoms with Crippen molar-refractivity contribution in [3.05, 3.63) is 66.0 Å². The van der Waals surface area contributed by atoms with Gasteiger partial charge < -0.3 is 9.88 Å². The number of aromatic nitrogens is 2. The van der Waals surface area contributed by atoms with Crippen LogP contribution in [0.5, 0.6) is 0 Å². The third-order valence-electron chi connectivity index (χ3n) is 4.84. The van der Waals surface area contributed by atoms with Crippen LogP contribution in [0, 0.1) is 0 Å². The van der Waals surface area contributed by atoms with Crippen LogP contribution >= 0.6 is 0 Å². The highest BCUT2D eigenvalue weighted by atomic mass is 32.2. The number of carbonyl (C=O) groups is 1. The van der Waals surface area contributed by atoms with Crippen molar-refractivity contribution in [1.82, 2.24) is 14.9 Å². The van der Waals surface area contributed by atoms with Gasteiger partial charge in [-0.3, -0.25) is 4.79 Å². The molecule has 0 saturated carbocycles. The zero-order valence-electron chi connectivity index (χ0n) is 14.8. The number of nitrogens with one attached hydrogen (secondary N) is 1. The van der Waals surface area contributed by atoms with Gasteiger partial charge in [0.15, 0.2) is 9.84 Å². The molecule has 0 spiro atoms. The van der Waals surface area contributed by atoms with E-state index >= 15 is 0 Å². The Morgan fingerprint density at radius 3 is 2.59 bits per heavy atom. The normalized spacial score (nSPS) is 18.6. The first kappa shape index (κ1) is 17.7. The van der Waals surface area contributed by atoms with Crippen molar-refractivity contribution in [3.63, 3.8) is 0 Å². The van der Waals surface area contributed by atoms with Crippen molar-refractivity contribution in [1.29, 1.82) is 0 Å². The number of rotatable bonds is 5. The second kappa shape index (κ2) is 7.15. The zero-order valence-corrected chi connectivity index (χ0v) is 15.7. The Balaban J connectivity index is 1.58. The fourth-order valence-corrected chi connectivity index (χ4v) is 5.21. The summed E-state index contributed by atoms with van der Waals surface area (Å²) < 4.78 is 25.1. The van der Waals surface area contributed by atoms with E-state index in [2.05, 4.69) is 5.32 Å². The van der Waals surface area contributed by atoms with E-state index in [1.54, 1.807) is 0 Å². The van der Waals surface area contributed by atoms with Gasteiger partial charge in [0.2, 0.25) is 5.91 Å². The van der Waals surface area contributed by atoms with Gasteiger partial charge in [0.05, 0.1) is 22.5 Å². The van der Waals surface area contributed by atoms with E-state index in [1.165, 1.54) is 0 Å². The van der Waals surface area contributed by atoms with Gasteiger partial charge in [-0.25, -0.2) is 13.4 Å². The van der Waals surface area contributed by atoms with Gasteiger partial charge in [-0.1, -0.05) is 42.5 Å². The summed E-state index contributed by atoms with van der Waals surface area (Å²) in [4.78, 5) is 17.3. The quantitative estimate of drug-likeness (QED) is 0.730. The smallest absolute Gasteiger partial charge is 0.240 e. The molecule has 0 unspecified atom stereocenters. The molecule has 1 aliphatic heterocycles. The van der Waals surface area contributed by atoms with E-state index in [0.29, 0.717) is 12.8 Å². The number of imidazole rings is 1. The highest BCUT2D eigenvalue weighted by Gasteiger charge is 2.29. The summed E-state index contributed by atoms with van der Waals surface area (Å²) in [6.45, 7) is 0.124. The van der Waals surface area contributed by atoms with Crippen molar-refractivity contribution in [2.75, 3.05) is 11.5 Å². The van der Waals surface area contributed by atoms with E-state index in [9.17, 15) is 13.2 Å². The molecule has 0 aliphatic carbocycles. The van der Waals surface area contributed by atoms with Gasteiger partial charge in [0, 0.05) is 12.5 Å². The van der Waals surface area contributed by atoms with E-state index in [1.807, 2.05) is 59.2 Å². The summed E-state index contributed by atoms with van der Waals surface area (Å²) in [7, 11) is -3.02. The molecular weight excluding hydrogens is 362 g/mol. The molecule has 1 aromatic heterocycles. The van der Waals surface area contributed by atoms with Crippen LogP contribution in [0.15, 0.2) is 54.6 Å². The second-order valence-corrected chi connectivity index (χ2v) is 9.16. The minimum Gasteiger partial charge on any atom is -0.351 e. The van der Waals surface area contributed by atoms with Gasteiger partial charge in [-0.15, -0.1) is 0 Å². The summed E-state index contributed by atoms with van der Waals surface area (Å²) in [6.07, 6.45) is 1.11. The third kappa shape index (κ3) is 4.03. The van der Waals surface area contributed by atoms with Gasteiger partial charge in [0.1, 0.15) is 12.4 Å². The molecule has 1 amide bonds. The Labute approximate surface area is 158 Å². The number of hydrogen-bond donors (Lipinski definition) is 1. The molecule has 1 saturated heterocycles. The Bertz CT molecular complexity index is 1070. The molecule has 0 radical (unpaired) electrons. The Hall–Kier alpha value is -2.67. The standard InChI is InChI=1S/C20H21N3O3S/c24-20(21-16-10-11-27(25,26)14-16)13-23-18-9-5-4-8-17(18)22-19(23)12-15-6-2-1-3-7-15/h1-9,16H,10-14H2,(H,21,24)/t16-/m0/s1. The van der Waals surface area contributed by atoms with Gasteiger partial charge in [-0.2, -0.15) is 0 Å². The molecule has 1 aliphatic rings. The van der Waals surface area contributed by atoms with Crippen molar-refractivity contribution >= 4 is 26.8 Å². The van der Waals surface area contributed by atoms with Crippen molar-refractivity contribution in [2.45, 2.75) is 25.4 Å². The maximum Gasteiger partial charge on any atom is 0.240 e. The van der Waals surface area contributed by atoms with Crippen LogP contribution < -0.4 is 5.32 Å². The lowest BCUT2D eigenvalue weighted by Crippen LogP contribution is -2.38. The first-order valence-corrected chi connectivity index (χ1v) is 10.8. The summed E-state index contributed by atoms with van der Waals surface area (Å²) in [5.74, 6) is 0.803. The average Bonchev–Trinajstić information content (AvgIpc) is 3.15. The maximum absolute atomic E-state index is 12.6. The highest BCUT2D eigenvalue weighted by molar-refractivity contribution is 7.91. The fourth-order valence-electron chi connectivity index (χ4n) is 3.54. The lowest BCUT2D eigenvalue weighted by molar-refractivity contribution is -0.122. The fraction of sp³-hybridized carbons (Fsp3) is 0.300. The van der Waals surface area contributed by atoms with Crippen LogP contribution in [0.1, 0.15) is 17.8 Å². The Morgan fingerprint density at radius 2 is 1.85 bits per heavy atom. The largest absolute Gasteiger partial charge is 0.351 e. The van der Waals surface area contributed by atoms with Crippen LogP contribution in [-0.2, 0) is 27.6 Å². The lowest BCUT2D eigenvalue weighted by atomic mass is 10.1. The van der Waals surface area contributed by atoms with Crippen molar-refractivity contribution in [2.24, 2.45) is 0 Å². The third-order valence-corrected chi connectivity index (χ3v) is 6.61. The van der Waals surface area contributed by atoms with Crippen LogP contribution in [0.3, 0.4) is 0 Å². The van der Waals surface area contributed by atoms with E-state index in [0.717, 1.165) is 22.4 Å². The number of amides is 1. The molecule has 7 heteroatoms. The molecule has 2 heterocycles. The lowest BCUT2D eigenvalue weighted by Gasteiger charge is -2.13. The summed E-state index contributed by atoms with van der Waals surface area (Å²) in [5.41, 5.74) is 2.87. The van der Waals surface area contributed by atoms with Crippen molar-refractivity contribution in [3.8, 4) is 0 Å². The summed E-state index contributed by atoms with van der Waals surface area (Å²) in [6, 6.07) is 17.4. The molecular formula is C20H21N3O3S.